The molecule has 1 N–H and O–H groups in total. The molecule has 1 nitrogen and oxygen atoms in total. The Morgan fingerprint density at radius 1 is 0.567 bits per heavy atom. The molecule has 2 atom stereocenters. The number of para-hydroxylation sites is 1. The first kappa shape index (κ1) is 27.1. The molecule has 0 heterocycles. The summed E-state index contributed by atoms with van der Waals surface area (Å²) in [5.41, 5.74) is 1.22. The highest BCUT2D eigenvalue weighted by Crippen LogP contribution is 2.40. The third kappa shape index (κ3) is 12.0. The van der Waals surface area contributed by atoms with Crippen LogP contribution in [0.1, 0.15) is 148 Å². The number of phenolic OH excluding ortho intramolecular Hbond substituents is 1. The molecular weight excluding hydrogens is 364 g/mol. The zero-order valence-electron chi connectivity index (χ0n) is 20.6. The van der Waals surface area contributed by atoms with E-state index in [1.807, 2.05) is 12.1 Å². The predicted molar refractivity (Wildman–Crippen MR) is 134 cm³/mol. The molecule has 0 bridgehead atoms. The van der Waals surface area contributed by atoms with Crippen molar-refractivity contribution < 1.29 is 5.11 Å². The maximum absolute atomic E-state index is 10.6. The van der Waals surface area contributed by atoms with E-state index >= 15 is 0 Å². The average Bonchev–Trinajstić information content (AvgIpc) is 2.76. The number of hydrogen-bond acceptors (Lipinski definition) is 1. The number of phenols is 1. The van der Waals surface area contributed by atoms with Crippen LogP contribution < -0.4 is 0 Å². The smallest absolute Gasteiger partial charge is 0.119 e. The first-order chi connectivity index (χ1) is 14.7. The lowest BCUT2D eigenvalue weighted by Gasteiger charge is -2.29. The van der Waals surface area contributed by atoms with Crippen molar-refractivity contribution in [2.45, 2.75) is 142 Å². The first-order valence-corrected chi connectivity index (χ1v) is 13.5. The standard InChI is InChI=1S/C29H52O/c1-4-7-10-12-14-16-18-23-27(28-24-19-20-25-29(28)30)26(21-9-6-3)22-17-15-13-11-8-5-2/h19-20,24-27,30H,4-18,21-23H2,1-3H3. The molecule has 0 aliphatic heterocycles. The van der Waals surface area contributed by atoms with Gasteiger partial charge >= 0.3 is 0 Å². The van der Waals surface area contributed by atoms with Crippen molar-refractivity contribution in [3.63, 3.8) is 0 Å². The first-order valence-electron chi connectivity index (χ1n) is 13.5. The van der Waals surface area contributed by atoms with Crippen molar-refractivity contribution >= 4 is 0 Å². The minimum absolute atomic E-state index is 0.523. The Morgan fingerprint density at radius 3 is 1.60 bits per heavy atom. The Kier molecular flexibility index (Phi) is 16.9. The van der Waals surface area contributed by atoms with Gasteiger partial charge in [-0.3, -0.25) is 0 Å². The zero-order valence-corrected chi connectivity index (χ0v) is 20.6. The van der Waals surface area contributed by atoms with Gasteiger partial charge in [-0.25, -0.2) is 0 Å². The van der Waals surface area contributed by atoms with Gasteiger partial charge in [0, 0.05) is 0 Å². The molecule has 0 aliphatic rings. The predicted octanol–water partition coefficient (Wildman–Crippen LogP) is 10.2. The van der Waals surface area contributed by atoms with Crippen LogP contribution in [0.15, 0.2) is 24.3 Å². The zero-order chi connectivity index (χ0) is 21.9. The van der Waals surface area contributed by atoms with E-state index in [9.17, 15) is 5.11 Å². The molecule has 0 saturated heterocycles. The van der Waals surface area contributed by atoms with E-state index in [0.717, 1.165) is 5.92 Å². The fourth-order valence-electron chi connectivity index (χ4n) is 4.97. The van der Waals surface area contributed by atoms with Crippen molar-refractivity contribution in [2.75, 3.05) is 0 Å². The monoisotopic (exact) mass is 416 g/mol. The molecule has 0 radical (unpaired) electrons. The lowest BCUT2D eigenvalue weighted by atomic mass is 9.76. The molecule has 0 amide bonds. The number of benzene rings is 1. The number of aromatic hydroxyl groups is 1. The molecule has 30 heavy (non-hydrogen) atoms. The second-order valence-corrected chi connectivity index (χ2v) is 9.53. The summed E-state index contributed by atoms with van der Waals surface area (Å²) in [6.07, 6.45) is 24.3. The van der Waals surface area contributed by atoms with Crippen LogP contribution >= 0.6 is 0 Å². The molecule has 1 aromatic carbocycles. The lowest BCUT2D eigenvalue weighted by Crippen LogP contribution is -2.14. The van der Waals surface area contributed by atoms with Gasteiger partial charge in [-0.05, 0) is 42.7 Å². The molecule has 0 saturated carbocycles. The Morgan fingerprint density at radius 2 is 1.03 bits per heavy atom. The van der Waals surface area contributed by atoms with Crippen LogP contribution in [0, 0.1) is 5.92 Å². The largest absolute Gasteiger partial charge is 0.508 e. The summed E-state index contributed by atoms with van der Waals surface area (Å²) in [5.74, 6) is 1.78. The van der Waals surface area contributed by atoms with Gasteiger partial charge in [0.25, 0.3) is 0 Å². The van der Waals surface area contributed by atoms with E-state index in [1.165, 1.54) is 121 Å². The highest BCUT2D eigenvalue weighted by molar-refractivity contribution is 5.35. The third-order valence-electron chi connectivity index (χ3n) is 6.88. The van der Waals surface area contributed by atoms with Crippen molar-refractivity contribution in [3.05, 3.63) is 29.8 Å². The van der Waals surface area contributed by atoms with E-state index in [-0.39, 0.29) is 0 Å². The van der Waals surface area contributed by atoms with Crippen LogP contribution in [0.5, 0.6) is 5.75 Å². The molecule has 1 aromatic rings. The van der Waals surface area contributed by atoms with E-state index in [4.69, 9.17) is 0 Å². The van der Waals surface area contributed by atoms with E-state index in [2.05, 4.69) is 32.9 Å². The summed E-state index contributed by atoms with van der Waals surface area (Å²) >= 11 is 0. The number of rotatable bonds is 20. The highest BCUT2D eigenvalue weighted by Gasteiger charge is 2.24. The van der Waals surface area contributed by atoms with Crippen molar-refractivity contribution in [3.8, 4) is 5.75 Å². The van der Waals surface area contributed by atoms with E-state index < -0.39 is 0 Å². The van der Waals surface area contributed by atoms with Crippen LogP contribution in [-0.4, -0.2) is 5.11 Å². The Bertz CT molecular complexity index is 495. The van der Waals surface area contributed by atoms with Crippen LogP contribution in [0.2, 0.25) is 0 Å². The normalized spacial score (nSPS) is 13.4. The van der Waals surface area contributed by atoms with Crippen molar-refractivity contribution in [2.24, 2.45) is 5.92 Å². The average molecular weight is 417 g/mol. The molecule has 1 heteroatoms. The van der Waals surface area contributed by atoms with Gasteiger partial charge in [0.05, 0.1) is 0 Å². The van der Waals surface area contributed by atoms with E-state index in [1.54, 1.807) is 0 Å². The number of hydrogen-bond donors (Lipinski definition) is 1. The topological polar surface area (TPSA) is 20.2 Å². The molecule has 1 rings (SSSR count). The Balaban J connectivity index is 2.67. The summed E-state index contributed by atoms with van der Waals surface area (Å²) in [4.78, 5) is 0. The fraction of sp³-hybridized carbons (Fsp3) is 0.793. The van der Waals surface area contributed by atoms with Gasteiger partial charge in [-0.2, -0.15) is 0 Å². The minimum Gasteiger partial charge on any atom is -0.508 e. The van der Waals surface area contributed by atoms with Gasteiger partial charge in [-0.1, -0.05) is 135 Å². The summed E-state index contributed by atoms with van der Waals surface area (Å²) in [6, 6.07) is 8.18. The molecule has 0 spiro atoms. The highest BCUT2D eigenvalue weighted by atomic mass is 16.3. The maximum atomic E-state index is 10.6. The van der Waals surface area contributed by atoms with Gasteiger partial charge in [0.15, 0.2) is 0 Å². The van der Waals surface area contributed by atoms with Crippen LogP contribution in [0.25, 0.3) is 0 Å². The van der Waals surface area contributed by atoms with Crippen molar-refractivity contribution in [1.82, 2.24) is 0 Å². The minimum atomic E-state index is 0.523. The fourth-order valence-corrected chi connectivity index (χ4v) is 4.97. The molecule has 2 unspecified atom stereocenters. The van der Waals surface area contributed by atoms with E-state index in [0.29, 0.717) is 11.7 Å². The summed E-state index contributed by atoms with van der Waals surface area (Å²) < 4.78 is 0. The third-order valence-corrected chi connectivity index (χ3v) is 6.88. The van der Waals surface area contributed by atoms with Crippen molar-refractivity contribution in [1.29, 1.82) is 0 Å². The molecule has 0 fully saturated rings. The molecular formula is C29H52O. The SMILES string of the molecule is CCCCCCCCCC(c1ccccc1O)C(CCCC)CCCCCCCC. The summed E-state index contributed by atoms with van der Waals surface area (Å²) in [6.45, 7) is 6.89. The van der Waals surface area contributed by atoms with Gasteiger partial charge in [0.2, 0.25) is 0 Å². The Hall–Kier alpha value is -0.980. The maximum Gasteiger partial charge on any atom is 0.119 e. The number of unbranched alkanes of at least 4 members (excludes halogenated alkanes) is 12. The van der Waals surface area contributed by atoms with Crippen LogP contribution in [0.4, 0.5) is 0 Å². The summed E-state index contributed by atoms with van der Waals surface area (Å²) in [7, 11) is 0. The molecule has 0 aromatic heterocycles. The van der Waals surface area contributed by atoms with Gasteiger partial charge in [-0.15, -0.1) is 0 Å². The lowest BCUT2D eigenvalue weighted by molar-refractivity contribution is 0.317. The quantitative estimate of drug-likeness (QED) is 0.210. The molecule has 174 valence electrons. The van der Waals surface area contributed by atoms with Gasteiger partial charge < -0.3 is 5.11 Å². The van der Waals surface area contributed by atoms with Gasteiger partial charge in [0.1, 0.15) is 5.75 Å². The second-order valence-electron chi connectivity index (χ2n) is 9.53. The molecule has 0 aliphatic carbocycles. The Labute approximate surface area is 189 Å². The summed E-state index contributed by atoms with van der Waals surface area (Å²) in [5, 5.41) is 10.6. The second kappa shape index (κ2) is 18.8. The van der Waals surface area contributed by atoms with Crippen LogP contribution in [0.3, 0.4) is 0 Å². The van der Waals surface area contributed by atoms with Crippen LogP contribution in [-0.2, 0) is 0 Å².